The third kappa shape index (κ3) is 5.56. The van der Waals surface area contributed by atoms with Crippen LogP contribution in [-0.2, 0) is 9.37 Å². The van der Waals surface area contributed by atoms with E-state index in [0.717, 1.165) is 0 Å². The molecule has 0 bridgehead atoms. The zero-order chi connectivity index (χ0) is 21.0. The Bertz CT molecular complexity index is 1030. The van der Waals surface area contributed by atoms with Crippen LogP contribution < -0.4 is 10.6 Å². The molecule has 3 aromatic rings. The van der Waals surface area contributed by atoms with Gasteiger partial charge in [-0.15, -0.1) is 4.33 Å². The van der Waals surface area contributed by atoms with Crippen molar-refractivity contribution < 1.29 is 23.4 Å². The Morgan fingerprint density at radius 2 is 1.86 bits per heavy atom. The molecule has 0 aliphatic carbocycles. The van der Waals surface area contributed by atoms with Gasteiger partial charge in [-0.25, -0.2) is 10.2 Å². The van der Waals surface area contributed by atoms with E-state index in [2.05, 4.69) is 44.9 Å². The summed E-state index contributed by atoms with van der Waals surface area (Å²) in [7, 11) is 0. The van der Waals surface area contributed by atoms with Gasteiger partial charge in [0, 0.05) is 5.69 Å². The Morgan fingerprint density at radius 1 is 1.07 bits per heavy atom. The first-order chi connectivity index (χ1) is 13.9. The quantitative estimate of drug-likeness (QED) is 0.151. The highest BCUT2D eigenvalue weighted by atomic mass is 35.5. The van der Waals surface area contributed by atoms with E-state index in [1.54, 1.807) is 6.92 Å². The molecular weight excluding hydrogens is 455 g/mol. The van der Waals surface area contributed by atoms with Crippen LogP contribution in [0.3, 0.4) is 0 Å². The molecular formula is C14H9Cl2F2N7O3S. The fraction of sp³-hybridized carbons (Fsp3) is 0.0714. The summed E-state index contributed by atoms with van der Waals surface area (Å²) in [6.07, 6.45) is -1.29. The molecule has 0 atom stereocenters. The SMILES string of the molecule is Cc1nc(Cl)nc(Nc2cc(Nc3nc(F)nc(F)c3Cl)ccc2SOOO)n1. The van der Waals surface area contributed by atoms with Crippen LogP contribution in [0.25, 0.3) is 0 Å². The number of aromatic nitrogens is 5. The minimum absolute atomic E-state index is 0.0304. The Hall–Kier alpha value is -2.42. The van der Waals surface area contributed by atoms with Gasteiger partial charge in [0.1, 0.15) is 10.8 Å². The molecule has 0 aliphatic rings. The second-order valence-corrected chi connectivity index (χ2v) is 6.57. The lowest BCUT2D eigenvalue weighted by Crippen LogP contribution is -2.04. The lowest BCUT2D eigenvalue weighted by atomic mass is 10.2. The van der Waals surface area contributed by atoms with Gasteiger partial charge >= 0.3 is 6.08 Å². The second kappa shape index (κ2) is 9.39. The molecule has 2 aromatic heterocycles. The fourth-order valence-electron chi connectivity index (χ4n) is 2.07. The van der Waals surface area contributed by atoms with Crippen LogP contribution in [-0.4, -0.2) is 30.2 Å². The van der Waals surface area contributed by atoms with Crippen molar-refractivity contribution >= 4 is 58.4 Å². The zero-order valence-corrected chi connectivity index (χ0v) is 16.5. The number of aryl methyl sites for hydroxylation is 1. The van der Waals surface area contributed by atoms with Crippen LogP contribution in [0, 0.1) is 18.9 Å². The van der Waals surface area contributed by atoms with E-state index < -0.39 is 17.0 Å². The molecule has 3 N–H and O–H groups in total. The number of nitrogens with zero attached hydrogens (tertiary/aromatic N) is 5. The summed E-state index contributed by atoms with van der Waals surface area (Å²) in [5, 5.41) is 17.0. The van der Waals surface area contributed by atoms with Gasteiger partial charge in [0.2, 0.25) is 17.2 Å². The maximum atomic E-state index is 13.5. The van der Waals surface area contributed by atoms with Crippen molar-refractivity contribution in [2.45, 2.75) is 11.8 Å². The first kappa shape index (κ1) is 21.3. The summed E-state index contributed by atoms with van der Waals surface area (Å²) in [4.78, 5) is 18.6. The molecule has 152 valence electrons. The summed E-state index contributed by atoms with van der Waals surface area (Å²) >= 11 is 12.3. The van der Waals surface area contributed by atoms with Gasteiger partial charge in [-0.05, 0) is 36.7 Å². The van der Waals surface area contributed by atoms with E-state index in [1.807, 2.05) is 0 Å². The highest BCUT2D eigenvalue weighted by Gasteiger charge is 2.15. The van der Waals surface area contributed by atoms with Crippen molar-refractivity contribution in [3.63, 3.8) is 0 Å². The number of anilines is 4. The molecule has 0 unspecified atom stereocenters. The highest BCUT2D eigenvalue weighted by Crippen LogP contribution is 2.34. The standard InChI is InChI=1S/C14H9Cl2F2N7O3S/c1-5-19-12(16)25-14(20-5)22-7-4-6(2-3-8(7)29-28-27-26)21-11-9(15)10(17)23-13(18)24-11/h2-4,26H,1H3,(H,21,23,24)(H,19,20,22,25). The van der Waals surface area contributed by atoms with Gasteiger partial charge in [-0.3, -0.25) is 0 Å². The van der Waals surface area contributed by atoms with E-state index in [-0.39, 0.29) is 17.0 Å². The van der Waals surface area contributed by atoms with Gasteiger partial charge in [-0.1, -0.05) is 16.6 Å². The predicted molar refractivity (Wildman–Crippen MR) is 100 cm³/mol. The lowest BCUT2D eigenvalue weighted by Gasteiger charge is -2.13. The first-order valence-electron chi connectivity index (χ1n) is 7.45. The van der Waals surface area contributed by atoms with Crippen molar-refractivity contribution in [1.29, 1.82) is 0 Å². The molecule has 0 amide bonds. The number of rotatable bonds is 7. The first-order valence-corrected chi connectivity index (χ1v) is 8.95. The van der Waals surface area contributed by atoms with Crippen LogP contribution >= 0.6 is 35.2 Å². The van der Waals surface area contributed by atoms with E-state index in [1.165, 1.54) is 18.2 Å². The molecule has 2 heterocycles. The summed E-state index contributed by atoms with van der Waals surface area (Å²) < 4.78 is 31.3. The van der Waals surface area contributed by atoms with Crippen molar-refractivity contribution in [2.24, 2.45) is 0 Å². The summed E-state index contributed by atoms with van der Waals surface area (Å²) in [6, 6.07) is 4.56. The van der Waals surface area contributed by atoms with E-state index >= 15 is 0 Å². The highest BCUT2D eigenvalue weighted by molar-refractivity contribution is 7.94. The van der Waals surface area contributed by atoms with Gasteiger partial charge in [0.05, 0.1) is 22.6 Å². The number of halogens is 4. The lowest BCUT2D eigenvalue weighted by molar-refractivity contribution is -0.432. The zero-order valence-electron chi connectivity index (χ0n) is 14.2. The third-order valence-electron chi connectivity index (χ3n) is 3.15. The molecule has 0 saturated carbocycles. The molecule has 0 radical (unpaired) electrons. The topological polar surface area (TPSA) is 127 Å². The van der Waals surface area contributed by atoms with Crippen LogP contribution in [0.5, 0.6) is 0 Å². The number of nitrogens with one attached hydrogen (secondary N) is 2. The minimum Gasteiger partial charge on any atom is -0.339 e. The maximum absolute atomic E-state index is 13.5. The summed E-state index contributed by atoms with van der Waals surface area (Å²) in [6.45, 7) is 1.62. The van der Waals surface area contributed by atoms with E-state index in [0.29, 0.717) is 34.1 Å². The molecule has 0 aliphatic heterocycles. The monoisotopic (exact) mass is 463 g/mol. The molecule has 29 heavy (non-hydrogen) atoms. The molecule has 3 rings (SSSR count). The number of hydrogen-bond donors (Lipinski definition) is 3. The Morgan fingerprint density at radius 3 is 2.59 bits per heavy atom. The average Bonchev–Trinajstić information content (AvgIpc) is 2.64. The Kier molecular flexibility index (Phi) is 6.89. The third-order valence-corrected chi connectivity index (χ3v) is 4.31. The number of benzene rings is 1. The summed E-state index contributed by atoms with van der Waals surface area (Å²) in [5.74, 6) is -1.01. The minimum atomic E-state index is -1.29. The van der Waals surface area contributed by atoms with Gasteiger partial charge < -0.3 is 10.6 Å². The van der Waals surface area contributed by atoms with Crippen LogP contribution in [0.2, 0.25) is 10.3 Å². The smallest absolute Gasteiger partial charge is 0.313 e. The second-order valence-electron chi connectivity index (χ2n) is 5.11. The Labute approximate surface area is 175 Å². The molecule has 0 saturated heterocycles. The molecule has 15 heteroatoms. The number of hydrogen-bond acceptors (Lipinski definition) is 11. The van der Waals surface area contributed by atoms with Gasteiger partial charge in [0.25, 0.3) is 0 Å². The Balaban J connectivity index is 1.95. The van der Waals surface area contributed by atoms with Crippen LogP contribution in [0.15, 0.2) is 23.1 Å². The van der Waals surface area contributed by atoms with E-state index in [9.17, 15) is 8.78 Å². The average molecular weight is 464 g/mol. The largest absolute Gasteiger partial charge is 0.339 e. The van der Waals surface area contributed by atoms with Crippen LogP contribution in [0.1, 0.15) is 5.82 Å². The van der Waals surface area contributed by atoms with Crippen LogP contribution in [0.4, 0.5) is 31.9 Å². The fourth-order valence-corrected chi connectivity index (χ4v) is 2.83. The van der Waals surface area contributed by atoms with Gasteiger partial charge in [-0.2, -0.15) is 28.7 Å². The molecule has 10 nitrogen and oxygen atoms in total. The van der Waals surface area contributed by atoms with Gasteiger partial charge in [0.15, 0.2) is 5.82 Å². The van der Waals surface area contributed by atoms with Crippen molar-refractivity contribution in [1.82, 2.24) is 24.9 Å². The predicted octanol–water partition coefficient (Wildman–Crippen LogP) is 4.47. The van der Waals surface area contributed by atoms with Crippen molar-refractivity contribution in [3.05, 3.63) is 46.4 Å². The van der Waals surface area contributed by atoms with E-state index in [4.69, 9.17) is 28.5 Å². The van der Waals surface area contributed by atoms with Crippen molar-refractivity contribution in [3.8, 4) is 0 Å². The normalized spacial score (nSPS) is 10.8. The maximum Gasteiger partial charge on any atom is 0.313 e. The molecule has 0 spiro atoms. The summed E-state index contributed by atoms with van der Waals surface area (Å²) in [5.41, 5.74) is 0.683. The molecule has 1 aromatic carbocycles. The van der Waals surface area contributed by atoms with Crippen molar-refractivity contribution in [2.75, 3.05) is 10.6 Å². The molecule has 0 fully saturated rings.